The number of methoxy groups -OCH3 is 1. The quantitative estimate of drug-likeness (QED) is 0.179. The van der Waals surface area contributed by atoms with Gasteiger partial charge in [0, 0.05) is 12.1 Å². The van der Waals surface area contributed by atoms with Gasteiger partial charge in [0.1, 0.15) is 77.2 Å². The van der Waals surface area contributed by atoms with E-state index in [1.165, 1.54) is 44.6 Å². The Kier molecular flexibility index (Phi) is 8.71. The van der Waals surface area contributed by atoms with Gasteiger partial charge in [-0.25, -0.2) is 0 Å². The van der Waals surface area contributed by atoms with Crippen LogP contribution in [0.25, 0.3) is 22.1 Å². The highest BCUT2D eigenvalue weighted by Gasteiger charge is 2.47. The van der Waals surface area contributed by atoms with Gasteiger partial charge in [-0.2, -0.15) is 0 Å². The zero-order valence-electron chi connectivity index (χ0n) is 22.5. The van der Waals surface area contributed by atoms with Crippen LogP contribution >= 0.6 is 0 Å². The molecule has 2 fully saturated rings. The van der Waals surface area contributed by atoms with E-state index >= 15 is 0 Å². The van der Waals surface area contributed by atoms with E-state index in [-0.39, 0.29) is 33.8 Å². The Morgan fingerprint density at radius 1 is 0.833 bits per heavy atom. The molecule has 2 saturated heterocycles. The lowest BCUT2D eigenvalue weighted by Gasteiger charge is -2.42. The van der Waals surface area contributed by atoms with Crippen molar-refractivity contribution in [2.24, 2.45) is 0 Å². The fraction of sp³-hybridized carbons (Fsp3) is 0.464. The molecule has 2 aliphatic heterocycles. The number of aliphatic hydroxyl groups excluding tert-OH is 6. The smallest absolute Gasteiger partial charge is 0.229 e. The van der Waals surface area contributed by atoms with Crippen LogP contribution in [-0.2, 0) is 14.2 Å². The summed E-state index contributed by atoms with van der Waals surface area (Å²) in [7, 11) is 1.34. The average molecular weight is 593 g/mol. The lowest BCUT2D eigenvalue weighted by atomic mass is 9.98. The second-order valence-corrected chi connectivity index (χ2v) is 10.2. The molecule has 0 saturated carbocycles. The monoisotopic (exact) mass is 592 g/mol. The predicted molar refractivity (Wildman–Crippen MR) is 142 cm³/mol. The second-order valence-electron chi connectivity index (χ2n) is 10.2. The average Bonchev–Trinajstić information content (AvgIpc) is 2.98. The highest BCUT2D eigenvalue weighted by molar-refractivity contribution is 5.88. The topological polar surface area (TPSA) is 218 Å². The Bertz CT molecular complexity index is 1440. The van der Waals surface area contributed by atoms with E-state index < -0.39 is 73.4 Å². The number of ether oxygens (including phenoxy) is 5. The molecule has 0 amide bonds. The zero-order valence-corrected chi connectivity index (χ0v) is 22.5. The third-order valence-electron chi connectivity index (χ3n) is 7.37. The maximum atomic E-state index is 13.3. The Labute approximate surface area is 238 Å². The van der Waals surface area contributed by atoms with Crippen molar-refractivity contribution in [3.05, 3.63) is 52.9 Å². The van der Waals surface area contributed by atoms with E-state index in [9.17, 15) is 40.5 Å². The number of benzene rings is 2. The molecule has 1 aromatic heterocycles. The molecular weight excluding hydrogens is 560 g/mol. The normalized spacial score (nSPS) is 33.4. The molecule has 0 unspecified atom stereocenters. The van der Waals surface area contributed by atoms with Gasteiger partial charge in [-0.1, -0.05) is 12.1 Å². The SMILES string of the molecule is COc1cc(O[C@@H]2O[C@H](CO[C@@H]3O[C@@H](C)[C@H](O)[C@@H](O)[C@H]3O)[C@@H](O)[C@H](O)[C@H]2O)cc2occ(-c3ccc(O)cc3)c(=O)c12. The Balaban J connectivity index is 1.35. The van der Waals surface area contributed by atoms with Gasteiger partial charge in [-0.15, -0.1) is 0 Å². The first-order valence-corrected chi connectivity index (χ1v) is 13.1. The lowest BCUT2D eigenvalue weighted by molar-refractivity contribution is -0.318. The third kappa shape index (κ3) is 5.68. The van der Waals surface area contributed by atoms with Crippen LogP contribution in [0.2, 0.25) is 0 Å². The van der Waals surface area contributed by atoms with Crippen molar-refractivity contribution in [3.8, 4) is 28.4 Å². The summed E-state index contributed by atoms with van der Waals surface area (Å²) in [6.45, 7) is 1.01. The molecule has 42 heavy (non-hydrogen) atoms. The molecule has 0 spiro atoms. The van der Waals surface area contributed by atoms with E-state index in [1.807, 2.05) is 0 Å². The molecule has 14 heteroatoms. The number of phenolic OH excluding ortho intramolecular Hbond substituents is 1. The first kappa shape index (κ1) is 30.2. The molecule has 2 aliphatic rings. The van der Waals surface area contributed by atoms with Crippen molar-refractivity contribution in [1.82, 2.24) is 0 Å². The van der Waals surface area contributed by atoms with Gasteiger partial charge in [0.25, 0.3) is 0 Å². The number of rotatable bonds is 7. The van der Waals surface area contributed by atoms with Gasteiger partial charge in [0.05, 0.1) is 25.4 Å². The summed E-state index contributed by atoms with van der Waals surface area (Å²) in [6, 6.07) is 8.71. The van der Waals surface area contributed by atoms with Crippen LogP contribution in [0.3, 0.4) is 0 Å². The minimum atomic E-state index is -1.73. The van der Waals surface area contributed by atoms with Crippen molar-refractivity contribution in [2.45, 2.75) is 68.3 Å². The van der Waals surface area contributed by atoms with Gasteiger partial charge in [-0.05, 0) is 24.6 Å². The molecule has 228 valence electrons. The van der Waals surface area contributed by atoms with Gasteiger partial charge >= 0.3 is 0 Å². The number of aromatic hydroxyl groups is 1. The van der Waals surface area contributed by atoms with E-state index in [1.54, 1.807) is 12.1 Å². The fourth-order valence-corrected chi connectivity index (χ4v) is 4.89. The van der Waals surface area contributed by atoms with E-state index in [0.29, 0.717) is 5.56 Å². The minimum Gasteiger partial charge on any atom is -0.508 e. The molecular formula is C28H32O14. The predicted octanol–water partition coefficient (Wildman–Crippen LogP) is -0.795. The first-order valence-electron chi connectivity index (χ1n) is 13.1. The Morgan fingerprint density at radius 2 is 1.50 bits per heavy atom. The second kappa shape index (κ2) is 12.1. The highest BCUT2D eigenvalue weighted by Crippen LogP contribution is 2.34. The summed E-state index contributed by atoms with van der Waals surface area (Å²) < 4.78 is 33.4. The Morgan fingerprint density at radius 3 is 2.19 bits per heavy atom. The van der Waals surface area contributed by atoms with Crippen LogP contribution in [0.1, 0.15) is 6.92 Å². The number of fused-ring (bicyclic) bond motifs is 1. The van der Waals surface area contributed by atoms with Crippen molar-refractivity contribution in [2.75, 3.05) is 13.7 Å². The number of phenols is 1. The molecule has 0 radical (unpaired) electrons. The molecule has 3 aromatic rings. The van der Waals surface area contributed by atoms with Crippen LogP contribution in [0.15, 0.2) is 51.9 Å². The molecule has 3 heterocycles. The van der Waals surface area contributed by atoms with E-state index in [0.717, 1.165) is 0 Å². The van der Waals surface area contributed by atoms with Gasteiger partial charge in [-0.3, -0.25) is 4.79 Å². The largest absolute Gasteiger partial charge is 0.508 e. The Hall–Kier alpha value is -3.31. The summed E-state index contributed by atoms with van der Waals surface area (Å²) in [5.41, 5.74) is 0.413. The van der Waals surface area contributed by atoms with Gasteiger partial charge in [0.15, 0.2) is 6.29 Å². The maximum Gasteiger partial charge on any atom is 0.229 e. The first-order chi connectivity index (χ1) is 20.0. The van der Waals surface area contributed by atoms with Crippen LogP contribution in [0.5, 0.6) is 17.2 Å². The molecule has 10 atom stereocenters. The lowest BCUT2D eigenvalue weighted by Crippen LogP contribution is -2.61. The van der Waals surface area contributed by atoms with Crippen LogP contribution in [0.4, 0.5) is 0 Å². The highest BCUT2D eigenvalue weighted by atomic mass is 16.7. The molecule has 0 aliphatic carbocycles. The van der Waals surface area contributed by atoms with Crippen molar-refractivity contribution in [1.29, 1.82) is 0 Å². The standard InChI is InChI=1S/C28H32O14/c1-11-20(30)23(33)25(35)27(40-11)39-10-18-22(32)24(34)26(36)28(42-18)41-14-7-16(37-2)19-17(8-14)38-9-15(21(19)31)12-3-5-13(29)6-4-12/h3-9,11,18,20,22-30,32-36H,10H2,1-2H3/t11-,18+,20-,22+,23+,24-,25+,26+,27+,28+/m0/s1. The minimum absolute atomic E-state index is 0.0316. The fourth-order valence-electron chi connectivity index (χ4n) is 4.89. The molecule has 7 N–H and O–H groups in total. The molecule has 5 rings (SSSR count). The van der Waals surface area contributed by atoms with Crippen LogP contribution in [0, 0.1) is 0 Å². The number of hydrogen-bond acceptors (Lipinski definition) is 14. The summed E-state index contributed by atoms with van der Waals surface area (Å²) in [4.78, 5) is 13.3. The van der Waals surface area contributed by atoms with Crippen molar-refractivity contribution in [3.63, 3.8) is 0 Å². The number of aliphatic hydroxyl groups is 6. The van der Waals surface area contributed by atoms with E-state index in [4.69, 9.17) is 28.1 Å². The summed E-state index contributed by atoms with van der Waals surface area (Å²) >= 11 is 0. The van der Waals surface area contributed by atoms with Crippen molar-refractivity contribution >= 4 is 11.0 Å². The maximum absolute atomic E-state index is 13.3. The summed E-state index contributed by atoms with van der Waals surface area (Å²) in [5.74, 6) is 0.153. The van der Waals surface area contributed by atoms with E-state index in [2.05, 4.69) is 0 Å². The van der Waals surface area contributed by atoms with Crippen LogP contribution < -0.4 is 14.9 Å². The summed E-state index contributed by atoms with van der Waals surface area (Å²) in [6.07, 6.45) is -13.4. The van der Waals surface area contributed by atoms with Gasteiger partial charge in [0.2, 0.25) is 11.7 Å². The molecule has 2 aromatic carbocycles. The third-order valence-corrected chi connectivity index (χ3v) is 7.37. The van der Waals surface area contributed by atoms with Gasteiger partial charge < -0.3 is 63.8 Å². The number of hydrogen-bond donors (Lipinski definition) is 7. The summed E-state index contributed by atoms with van der Waals surface area (Å²) in [5, 5.41) is 71.2. The zero-order chi connectivity index (χ0) is 30.3. The van der Waals surface area contributed by atoms with Crippen LogP contribution in [-0.4, -0.2) is 111 Å². The molecule has 0 bridgehead atoms. The molecule has 14 nitrogen and oxygen atoms in total. The van der Waals surface area contributed by atoms with Crippen molar-refractivity contribution < 1.29 is 63.8 Å².